The highest BCUT2D eigenvalue weighted by Gasteiger charge is 2.22. The zero-order chi connectivity index (χ0) is 17.7. The van der Waals surface area contributed by atoms with Gasteiger partial charge in [-0.1, -0.05) is 19.3 Å². The van der Waals surface area contributed by atoms with Gasteiger partial charge in [0.25, 0.3) is 0 Å². The van der Waals surface area contributed by atoms with Crippen molar-refractivity contribution in [1.29, 1.82) is 0 Å². The molecule has 2 fully saturated rings. The van der Waals surface area contributed by atoms with E-state index in [0.717, 1.165) is 51.3 Å². The summed E-state index contributed by atoms with van der Waals surface area (Å²) >= 11 is 0. The first-order valence-corrected chi connectivity index (χ1v) is 10.2. The molecule has 2 saturated carbocycles. The number of nitrogens with zero attached hydrogens (tertiary/aromatic N) is 1. The largest absolute Gasteiger partial charge is 0.378 e. The average Bonchev–Trinajstić information content (AvgIpc) is 3.43. The number of nitrogens with one attached hydrogen (secondary N) is 3. The minimum Gasteiger partial charge on any atom is -0.378 e. The van der Waals surface area contributed by atoms with E-state index < -0.39 is 0 Å². The third-order valence-electron chi connectivity index (χ3n) is 4.64. The summed E-state index contributed by atoms with van der Waals surface area (Å²) in [5, 5.41) is 9.61. The van der Waals surface area contributed by atoms with Crippen LogP contribution in [0.25, 0.3) is 0 Å². The number of hydrogen-bond acceptors (Lipinski definition) is 3. The Morgan fingerprint density at radius 2 is 1.88 bits per heavy atom. The van der Waals surface area contributed by atoms with Gasteiger partial charge in [-0.05, 0) is 45.4 Å². The third-order valence-corrected chi connectivity index (χ3v) is 4.64. The number of ether oxygens (including phenoxy) is 1. The fourth-order valence-electron chi connectivity index (χ4n) is 3.06. The van der Waals surface area contributed by atoms with Crippen LogP contribution in [0.15, 0.2) is 4.99 Å². The molecule has 0 radical (unpaired) electrons. The van der Waals surface area contributed by atoms with E-state index in [1.165, 1.54) is 32.1 Å². The summed E-state index contributed by atoms with van der Waals surface area (Å²) in [6.45, 7) is 5.25. The number of carbonyl (C=O) groups excluding carboxylic acids is 1. The Morgan fingerprint density at radius 3 is 2.60 bits per heavy atom. The van der Waals surface area contributed by atoms with Crippen molar-refractivity contribution in [2.24, 2.45) is 4.99 Å². The number of carbonyl (C=O) groups is 1. The zero-order valence-corrected chi connectivity index (χ0v) is 15.8. The van der Waals surface area contributed by atoms with Crippen molar-refractivity contribution in [2.45, 2.75) is 83.3 Å². The minimum absolute atomic E-state index is 0.163. The summed E-state index contributed by atoms with van der Waals surface area (Å²) in [6.07, 6.45) is 11.6. The van der Waals surface area contributed by atoms with Gasteiger partial charge in [0, 0.05) is 38.7 Å². The summed E-state index contributed by atoms with van der Waals surface area (Å²) in [7, 11) is 0. The van der Waals surface area contributed by atoms with Crippen LogP contribution in [0, 0.1) is 0 Å². The van der Waals surface area contributed by atoms with Crippen LogP contribution < -0.4 is 16.0 Å². The monoisotopic (exact) mass is 352 g/mol. The van der Waals surface area contributed by atoms with Crippen molar-refractivity contribution in [3.63, 3.8) is 0 Å². The predicted octanol–water partition coefficient (Wildman–Crippen LogP) is 2.34. The first-order chi connectivity index (χ1) is 12.3. The van der Waals surface area contributed by atoms with Crippen LogP contribution in [0.2, 0.25) is 0 Å². The molecule has 2 aliphatic carbocycles. The lowest BCUT2D eigenvalue weighted by atomic mass is 9.98. The highest BCUT2D eigenvalue weighted by molar-refractivity contribution is 5.79. The topological polar surface area (TPSA) is 74.8 Å². The SMILES string of the molecule is CCNC(=NCCCC(=O)NC1CC1)NCCCOC1CCCCC1. The zero-order valence-electron chi connectivity index (χ0n) is 15.8. The lowest BCUT2D eigenvalue weighted by Gasteiger charge is -2.22. The Kier molecular flexibility index (Phi) is 9.70. The van der Waals surface area contributed by atoms with Crippen LogP contribution in [-0.2, 0) is 9.53 Å². The van der Waals surface area contributed by atoms with E-state index in [0.29, 0.717) is 25.1 Å². The summed E-state index contributed by atoms with van der Waals surface area (Å²) < 4.78 is 5.94. The molecule has 2 rings (SSSR count). The molecule has 6 heteroatoms. The van der Waals surface area contributed by atoms with Gasteiger partial charge in [0.15, 0.2) is 5.96 Å². The molecule has 0 aliphatic heterocycles. The van der Waals surface area contributed by atoms with E-state index in [1.807, 2.05) is 0 Å². The van der Waals surface area contributed by atoms with Crippen molar-refractivity contribution < 1.29 is 9.53 Å². The lowest BCUT2D eigenvalue weighted by Crippen LogP contribution is -2.38. The molecule has 0 aromatic carbocycles. The van der Waals surface area contributed by atoms with Gasteiger partial charge in [-0.3, -0.25) is 9.79 Å². The van der Waals surface area contributed by atoms with Gasteiger partial charge in [0.1, 0.15) is 0 Å². The molecule has 0 aromatic heterocycles. The number of aliphatic imine (C=N–C) groups is 1. The second-order valence-electron chi connectivity index (χ2n) is 7.12. The molecule has 0 aromatic rings. The van der Waals surface area contributed by atoms with Gasteiger partial charge >= 0.3 is 0 Å². The molecule has 0 unspecified atom stereocenters. The van der Waals surface area contributed by atoms with E-state index in [-0.39, 0.29) is 5.91 Å². The van der Waals surface area contributed by atoms with Gasteiger partial charge in [0.2, 0.25) is 5.91 Å². The van der Waals surface area contributed by atoms with E-state index in [9.17, 15) is 4.79 Å². The van der Waals surface area contributed by atoms with E-state index in [2.05, 4.69) is 27.9 Å². The third kappa shape index (κ3) is 9.68. The summed E-state index contributed by atoms with van der Waals surface area (Å²) in [4.78, 5) is 16.2. The Bertz CT molecular complexity index is 404. The molecule has 0 bridgehead atoms. The molecule has 0 spiro atoms. The quantitative estimate of drug-likeness (QED) is 0.303. The van der Waals surface area contributed by atoms with E-state index >= 15 is 0 Å². The Labute approximate surface area is 152 Å². The maximum atomic E-state index is 11.6. The van der Waals surface area contributed by atoms with Crippen molar-refractivity contribution in [3.8, 4) is 0 Å². The molecule has 0 atom stereocenters. The predicted molar refractivity (Wildman–Crippen MR) is 102 cm³/mol. The van der Waals surface area contributed by atoms with Crippen molar-refractivity contribution in [1.82, 2.24) is 16.0 Å². The van der Waals surface area contributed by atoms with Crippen LogP contribution in [-0.4, -0.2) is 50.3 Å². The van der Waals surface area contributed by atoms with E-state index in [1.54, 1.807) is 0 Å². The summed E-state index contributed by atoms with van der Waals surface area (Å²) in [6, 6.07) is 0.450. The van der Waals surface area contributed by atoms with E-state index in [4.69, 9.17) is 4.74 Å². The number of rotatable bonds is 11. The Morgan fingerprint density at radius 1 is 1.08 bits per heavy atom. The smallest absolute Gasteiger partial charge is 0.220 e. The Balaban J connectivity index is 1.51. The summed E-state index contributed by atoms with van der Waals surface area (Å²) in [5.74, 6) is 0.998. The van der Waals surface area contributed by atoms with Gasteiger partial charge < -0.3 is 20.7 Å². The first-order valence-electron chi connectivity index (χ1n) is 10.2. The molecule has 144 valence electrons. The molecule has 1 amide bonds. The Hall–Kier alpha value is -1.30. The average molecular weight is 353 g/mol. The van der Waals surface area contributed by atoms with Crippen LogP contribution in [0.3, 0.4) is 0 Å². The molecular formula is C19H36N4O2. The van der Waals surface area contributed by atoms with Crippen molar-refractivity contribution in [2.75, 3.05) is 26.2 Å². The molecule has 6 nitrogen and oxygen atoms in total. The molecule has 0 heterocycles. The lowest BCUT2D eigenvalue weighted by molar-refractivity contribution is -0.121. The maximum Gasteiger partial charge on any atom is 0.220 e. The van der Waals surface area contributed by atoms with Crippen molar-refractivity contribution in [3.05, 3.63) is 0 Å². The molecule has 25 heavy (non-hydrogen) atoms. The second kappa shape index (κ2) is 12.1. The number of hydrogen-bond donors (Lipinski definition) is 3. The molecule has 0 saturated heterocycles. The van der Waals surface area contributed by atoms with Gasteiger partial charge in [0.05, 0.1) is 6.10 Å². The second-order valence-corrected chi connectivity index (χ2v) is 7.12. The van der Waals surface area contributed by atoms with Gasteiger partial charge in [-0.2, -0.15) is 0 Å². The van der Waals surface area contributed by atoms with Gasteiger partial charge in [-0.15, -0.1) is 0 Å². The number of guanidine groups is 1. The normalized spacial score (nSPS) is 18.8. The van der Waals surface area contributed by atoms with Crippen LogP contribution in [0.1, 0.15) is 71.1 Å². The molecule has 2 aliphatic rings. The molecular weight excluding hydrogens is 316 g/mol. The van der Waals surface area contributed by atoms with Crippen molar-refractivity contribution >= 4 is 11.9 Å². The standard InChI is InChI=1S/C19H36N4O2/c1-2-20-19(21-13-6-10-18(24)23-16-11-12-16)22-14-7-15-25-17-8-4-3-5-9-17/h16-17H,2-15H2,1H3,(H,23,24)(H2,20,21,22). The fraction of sp³-hybridized carbons (Fsp3) is 0.895. The van der Waals surface area contributed by atoms with Crippen LogP contribution in [0.5, 0.6) is 0 Å². The highest BCUT2D eigenvalue weighted by atomic mass is 16.5. The number of amides is 1. The minimum atomic E-state index is 0.163. The summed E-state index contributed by atoms with van der Waals surface area (Å²) in [5.41, 5.74) is 0. The maximum absolute atomic E-state index is 11.6. The molecule has 3 N–H and O–H groups in total. The first kappa shape index (κ1) is 20.0. The fourth-order valence-corrected chi connectivity index (χ4v) is 3.06. The van der Waals surface area contributed by atoms with Gasteiger partial charge in [-0.25, -0.2) is 0 Å². The van der Waals surface area contributed by atoms with Crippen LogP contribution in [0.4, 0.5) is 0 Å². The highest BCUT2D eigenvalue weighted by Crippen LogP contribution is 2.20. The van der Waals surface area contributed by atoms with Crippen LogP contribution >= 0.6 is 0 Å².